The average molecular weight is 382 g/mol. The van der Waals surface area contributed by atoms with Crippen LogP contribution in [0.15, 0.2) is 22.7 Å². The molecule has 1 aromatic heterocycles. The highest BCUT2D eigenvalue weighted by Gasteiger charge is 2.23. The zero-order valence-corrected chi connectivity index (χ0v) is 14.0. The van der Waals surface area contributed by atoms with E-state index >= 15 is 0 Å². The number of halogens is 2. The van der Waals surface area contributed by atoms with Crippen LogP contribution in [-0.2, 0) is 12.8 Å². The number of amides is 1. The largest absolute Gasteiger partial charge is 0.312 e. The topological polar surface area (TPSA) is 52.9 Å². The van der Waals surface area contributed by atoms with Crippen molar-refractivity contribution in [3.8, 4) is 6.07 Å². The molecule has 1 aliphatic carbocycles. The first kappa shape index (κ1) is 14.6. The van der Waals surface area contributed by atoms with E-state index in [2.05, 4.69) is 27.3 Å². The molecule has 1 amide bonds. The van der Waals surface area contributed by atoms with E-state index in [-0.39, 0.29) is 5.91 Å². The third-order valence-electron chi connectivity index (χ3n) is 3.38. The Morgan fingerprint density at radius 2 is 2.19 bits per heavy atom. The van der Waals surface area contributed by atoms with Crippen LogP contribution in [0, 0.1) is 11.3 Å². The summed E-state index contributed by atoms with van der Waals surface area (Å²) < 4.78 is 0.745. The normalized spacial score (nSPS) is 12.8. The number of anilines is 1. The maximum Gasteiger partial charge on any atom is 0.256 e. The highest BCUT2D eigenvalue weighted by atomic mass is 79.9. The SMILES string of the molecule is N#Cc1c(NC(=O)c2cc(Cl)cc(Br)c2)sc2c1CCC2. The molecule has 3 rings (SSSR count). The van der Waals surface area contributed by atoms with Crippen LogP contribution in [0.3, 0.4) is 0 Å². The standard InChI is InChI=1S/C15H10BrClN2OS/c16-9-4-8(5-10(17)6-9)14(20)19-15-12(7-18)11-2-1-3-13(11)21-15/h4-6H,1-3H2,(H,19,20). The van der Waals surface area contributed by atoms with Crippen molar-refractivity contribution in [1.29, 1.82) is 5.26 Å². The number of aryl methyl sites for hydroxylation is 1. The van der Waals surface area contributed by atoms with Gasteiger partial charge in [0.15, 0.2) is 0 Å². The van der Waals surface area contributed by atoms with Gasteiger partial charge in [-0.1, -0.05) is 27.5 Å². The molecule has 0 fully saturated rings. The molecule has 0 aliphatic heterocycles. The third-order valence-corrected chi connectivity index (χ3v) is 5.27. The summed E-state index contributed by atoms with van der Waals surface area (Å²) in [5.74, 6) is -0.255. The minimum absolute atomic E-state index is 0.255. The summed E-state index contributed by atoms with van der Waals surface area (Å²) >= 11 is 10.8. The Hall–Kier alpha value is -1.35. The van der Waals surface area contributed by atoms with Gasteiger partial charge in [-0.3, -0.25) is 4.79 Å². The van der Waals surface area contributed by atoms with E-state index in [0.29, 0.717) is 21.2 Å². The zero-order chi connectivity index (χ0) is 15.0. The number of carbonyl (C=O) groups is 1. The van der Waals surface area contributed by atoms with Crippen LogP contribution < -0.4 is 5.32 Å². The number of hydrogen-bond donors (Lipinski definition) is 1. The quantitative estimate of drug-likeness (QED) is 0.814. The molecule has 3 nitrogen and oxygen atoms in total. The van der Waals surface area contributed by atoms with Gasteiger partial charge in [-0.2, -0.15) is 5.26 Å². The molecular weight excluding hydrogens is 372 g/mol. The average Bonchev–Trinajstić information content (AvgIpc) is 2.97. The number of nitrogens with one attached hydrogen (secondary N) is 1. The van der Waals surface area contributed by atoms with Crippen molar-refractivity contribution in [2.75, 3.05) is 5.32 Å². The first-order valence-electron chi connectivity index (χ1n) is 6.40. The Labute approximate surface area is 139 Å². The van der Waals surface area contributed by atoms with Crippen molar-refractivity contribution >= 4 is 49.8 Å². The van der Waals surface area contributed by atoms with E-state index in [9.17, 15) is 10.1 Å². The summed E-state index contributed by atoms with van der Waals surface area (Å²) in [5.41, 5.74) is 2.18. The van der Waals surface area contributed by atoms with Crippen LogP contribution in [0.25, 0.3) is 0 Å². The third kappa shape index (κ3) is 2.84. The van der Waals surface area contributed by atoms with Crippen molar-refractivity contribution in [3.63, 3.8) is 0 Å². The highest BCUT2D eigenvalue weighted by molar-refractivity contribution is 9.10. The Morgan fingerprint density at radius 1 is 1.38 bits per heavy atom. The molecular formula is C15H10BrClN2OS. The maximum absolute atomic E-state index is 12.3. The molecule has 0 saturated carbocycles. The van der Waals surface area contributed by atoms with E-state index in [4.69, 9.17) is 11.6 Å². The Morgan fingerprint density at radius 3 is 2.90 bits per heavy atom. The smallest absolute Gasteiger partial charge is 0.256 e. The Balaban J connectivity index is 1.90. The fourth-order valence-corrected chi connectivity index (χ4v) is 4.57. The van der Waals surface area contributed by atoms with E-state index in [1.165, 1.54) is 16.2 Å². The molecule has 0 saturated heterocycles. The number of hydrogen-bond acceptors (Lipinski definition) is 3. The molecule has 21 heavy (non-hydrogen) atoms. The van der Waals surface area contributed by atoms with Crippen molar-refractivity contribution in [2.45, 2.75) is 19.3 Å². The van der Waals surface area contributed by atoms with Crippen molar-refractivity contribution in [1.82, 2.24) is 0 Å². The number of nitriles is 1. The van der Waals surface area contributed by atoms with Crippen LogP contribution >= 0.6 is 38.9 Å². The molecule has 2 aromatic rings. The van der Waals surface area contributed by atoms with Gasteiger partial charge in [0.2, 0.25) is 0 Å². The Kier molecular flexibility index (Phi) is 4.03. The zero-order valence-electron chi connectivity index (χ0n) is 10.9. The van der Waals surface area contributed by atoms with E-state index in [1.807, 2.05) is 0 Å². The molecule has 0 spiro atoms. The van der Waals surface area contributed by atoms with Gasteiger partial charge >= 0.3 is 0 Å². The molecule has 0 radical (unpaired) electrons. The van der Waals surface area contributed by atoms with E-state index in [1.54, 1.807) is 18.2 Å². The summed E-state index contributed by atoms with van der Waals surface area (Å²) in [6.45, 7) is 0. The number of rotatable bonds is 2. The lowest BCUT2D eigenvalue weighted by molar-refractivity contribution is 0.102. The van der Waals surface area contributed by atoms with E-state index < -0.39 is 0 Å². The number of carbonyl (C=O) groups excluding carboxylic acids is 1. The molecule has 0 unspecified atom stereocenters. The minimum atomic E-state index is -0.255. The van der Waals surface area contributed by atoms with Gasteiger partial charge in [0.25, 0.3) is 5.91 Å². The van der Waals surface area contributed by atoms with Gasteiger partial charge in [0, 0.05) is 19.9 Å². The van der Waals surface area contributed by atoms with Crippen LogP contribution in [-0.4, -0.2) is 5.91 Å². The number of thiophene rings is 1. The fraction of sp³-hybridized carbons (Fsp3) is 0.200. The van der Waals surface area contributed by atoms with Crippen molar-refractivity contribution in [3.05, 3.63) is 49.3 Å². The predicted octanol–water partition coefficient (Wildman–Crippen LogP) is 4.78. The summed E-state index contributed by atoms with van der Waals surface area (Å²) in [6.07, 6.45) is 3.01. The second-order valence-corrected chi connectivity index (χ2v) is 7.24. The summed E-state index contributed by atoms with van der Waals surface area (Å²) in [5, 5.41) is 13.3. The van der Waals surface area contributed by atoms with Gasteiger partial charge in [-0.25, -0.2) is 0 Å². The van der Waals surface area contributed by atoms with Crippen molar-refractivity contribution in [2.24, 2.45) is 0 Å². The monoisotopic (exact) mass is 380 g/mol. The lowest BCUT2D eigenvalue weighted by Crippen LogP contribution is -2.12. The number of fused-ring (bicyclic) bond motifs is 1. The van der Waals surface area contributed by atoms with Crippen LogP contribution in [0.4, 0.5) is 5.00 Å². The summed E-state index contributed by atoms with van der Waals surface area (Å²) in [6, 6.07) is 7.25. The molecule has 1 heterocycles. The van der Waals surface area contributed by atoms with Crippen molar-refractivity contribution < 1.29 is 4.79 Å². The second kappa shape index (κ2) is 5.80. The van der Waals surface area contributed by atoms with Crippen LogP contribution in [0.1, 0.15) is 32.8 Å². The molecule has 1 aromatic carbocycles. The number of nitrogens with zero attached hydrogens (tertiary/aromatic N) is 1. The molecule has 106 valence electrons. The van der Waals surface area contributed by atoms with Gasteiger partial charge in [-0.05, 0) is 43.0 Å². The molecule has 6 heteroatoms. The summed E-state index contributed by atoms with van der Waals surface area (Å²) in [4.78, 5) is 13.5. The van der Waals surface area contributed by atoms with E-state index in [0.717, 1.165) is 29.3 Å². The molecule has 1 N–H and O–H groups in total. The Bertz CT molecular complexity index is 758. The molecule has 1 aliphatic rings. The lowest BCUT2D eigenvalue weighted by Gasteiger charge is -2.05. The van der Waals surface area contributed by atoms with Gasteiger partial charge in [0.05, 0.1) is 5.56 Å². The van der Waals surface area contributed by atoms with Gasteiger partial charge < -0.3 is 5.32 Å². The predicted molar refractivity (Wildman–Crippen MR) is 88.2 cm³/mol. The van der Waals surface area contributed by atoms with Gasteiger partial charge in [0.1, 0.15) is 11.1 Å². The molecule has 0 atom stereocenters. The fourth-order valence-electron chi connectivity index (χ4n) is 2.47. The summed E-state index contributed by atoms with van der Waals surface area (Å²) in [7, 11) is 0. The molecule has 0 bridgehead atoms. The lowest BCUT2D eigenvalue weighted by atomic mass is 10.1. The highest BCUT2D eigenvalue weighted by Crippen LogP contribution is 2.38. The first-order valence-corrected chi connectivity index (χ1v) is 8.39. The maximum atomic E-state index is 12.3. The van der Waals surface area contributed by atoms with Gasteiger partial charge in [-0.15, -0.1) is 11.3 Å². The minimum Gasteiger partial charge on any atom is -0.312 e. The van der Waals surface area contributed by atoms with Crippen LogP contribution in [0.5, 0.6) is 0 Å². The first-order chi connectivity index (χ1) is 10.1. The second-order valence-electron chi connectivity index (χ2n) is 4.79. The number of benzene rings is 1. The van der Waals surface area contributed by atoms with Crippen LogP contribution in [0.2, 0.25) is 5.02 Å².